The number of β-amino-alcohol motifs (C(OH)–C–C–N with tert-alkyl or cyclic N) is 1. The number of benzene rings is 1. The molecule has 0 aromatic heterocycles. The number of aliphatic hydroxyl groups is 1. The molecule has 6 heteroatoms. The minimum Gasteiger partial charge on any atom is -0.389 e. The van der Waals surface area contributed by atoms with E-state index in [4.69, 9.17) is 11.6 Å². The highest BCUT2D eigenvalue weighted by molar-refractivity contribution is 6.30. The number of nitrogens with one attached hydrogen (secondary N) is 1. The number of carbonyl (C=O) groups excluding carboxylic acids is 1. The summed E-state index contributed by atoms with van der Waals surface area (Å²) >= 11 is 5.79. The van der Waals surface area contributed by atoms with Gasteiger partial charge in [0.15, 0.2) is 0 Å². The minimum absolute atomic E-state index is 0.117. The lowest BCUT2D eigenvalue weighted by atomic mass is 10.1. The summed E-state index contributed by atoms with van der Waals surface area (Å²) in [7, 11) is 0. The van der Waals surface area contributed by atoms with Crippen LogP contribution in [-0.2, 0) is 11.2 Å². The van der Waals surface area contributed by atoms with Crippen molar-refractivity contribution in [3.63, 3.8) is 0 Å². The SMILES string of the molecule is O=C(CN1C[C@@H](O)[C@H](F)C1)NCCc1ccc(Cl)cc1. The van der Waals surface area contributed by atoms with Gasteiger partial charge in [-0.05, 0) is 24.1 Å². The molecule has 4 nitrogen and oxygen atoms in total. The Labute approximate surface area is 122 Å². The molecule has 1 aromatic rings. The number of alkyl halides is 1. The number of hydrogen-bond donors (Lipinski definition) is 2. The minimum atomic E-state index is -1.25. The average Bonchev–Trinajstić information content (AvgIpc) is 2.70. The molecule has 1 saturated heterocycles. The summed E-state index contributed by atoms with van der Waals surface area (Å²) < 4.78 is 13.1. The first-order valence-corrected chi connectivity index (χ1v) is 6.98. The third kappa shape index (κ3) is 4.44. The van der Waals surface area contributed by atoms with E-state index in [0.29, 0.717) is 11.6 Å². The molecule has 0 unspecified atom stereocenters. The van der Waals surface area contributed by atoms with Crippen LogP contribution in [0.3, 0.4) is 0 Å². The molecule has 110 valence electrons. The van der Waals surface area contributed by atoms with Crippen LogP contribution in [0.4, 0.5) is 4.39 Å². The first-order valence-electron chi connectivity index (χ1n) is 6.60. The third-order valence-electron chi connectivity index (χ3n) is 3.31. The summed E-state index contributed by atoms with van der Waals surface area (Å²) in [6.45, 7) is 0.978. The molecule has 0 bridgehead atoms. The van der Waals surface area contributed by atoms with Crippen molar-refractivity contribution in [2.24, 2.45) is 0 Å². The quantitative estimate of drug-likeness (QED) is 0.853. The van der Waals surface area contributed by atoms with Gasteiger partial charge in [0, 0.05) is 24.7 Å². The van der Waals surface area contributed by atoms with Crippen molar-refractivity contribution in [2.75, 3.05) is 26.2 Å². The molecule has 1 aliphatic rings. The Morgan fingerprint density at radius 1 is 1.40 bits per heavy atom. The molecule has 0 radical (unpaired) electrons. The van der Waals surface area contributed by atoms with E-state index in [1.807, 2.05) is 24.3 Å². The second-order valence-corrected chi connectivity index (χ2v) is 5.44. The first kappa shape index (κ1) is 15.2. The highest BCUT2D eigenvalue weighted by Gasteiger charge is 2.31. The Morgan fingerprint density at radius 2 is 2.10 bits per heavy atom. The fraction of sp³-hybridized carbons (Fsp3) is 0.500. The standard InChI is InChI=1S/C14H18ClFN2O2/c15-11-3-1-10(2-4-11)5-6-17-14(20)9-18-7-12(16)13(19)8-18/h1-4,12-13,19H,5-9H2,(H,17,20)/t12-,13-/m1/s1. The van der Waals surface area contributed by atoms with Gasteiger partial charge >= 0.3 is 0 Å². The maximum Gasteiger partial charge on any atom is 0.234 e. The zero-order valence-electron chi connectivity index (χ0n) is 11.1. The Kier molecular flexibility index (Phi) is 5.34. The van der Waals surface area contributed by atoms with Crippen LogP contribution >= 0.6 is 11.6 Å². The van der Waals surface area contributed by atoms with E-state index in [0.717, 1.165) is 12.0 Å². The lowest BCUT2D eigenvalue weighted by Crippen LogP contribution is -2.37. The van der Waals surface area contributed by atoms with Gasteiger partial charge < -0.3 is 10.4 Å². The van der Waals surface area contributed by atoms with Crippen LogP contribution in [0.25, 0.3) is 0 Å². The molecule has 1 heterocycles. The van der Waals surface area contributed by atoms with E-state index in [1.54, 1.807) is 4.90 Å². The van der Waals surface area contributed by atoms with Crippen molar-refractivity contribution in [1.82, 2.24) is 10.2 Å². The van der Waals surface area contributed by atoms with Gasteiger partial charge in [0.05, 0.1) is 12.6 Å². The largest absolute Gasteiger partial charge is 0.389 e. The van der Waals surface area contributed by atoms with Crippen molar-refractivity contribution < 1.29 is 14.3 Å². The second-order valence-electron chi connectivity index (χ2n) is 5.00. The predicted molar refractivity (Wildman–Crippen MR) is 75.5 cm³/mol. The van der Waals surface area contributed by atoms with E-state index < -0.39 is 12.3 Å². The molecule has 1 amide bonds. The lowest BCUT2D eigenvalue weighted by molar-refractivity contribution is -0.122. The highest BCUT2D eigenvalue weighted by atomic mass is 35.5. The molecule has 0 spiro atoms. The number of hydrogen-bond acceptors (Lipinski definition) is 3. The smallest absolute Gasteiger partial charge is 0.234 e. The Bertz CT molecular complexity index is 445. The molecule has 2 N–H and O–H groups in total. The van der Waals surface area contributed by atoms with Crippen molar-refractivity contribution in [2.45, 2.75) is 18.7 Å². The molecule has 0 aliphatic carbocycles. The summed E-state index contributed by atoms with van der Waals surface area (Å²) in [4.78, 5) is 13.3. The molecule has 2 rings (SSSR count). The van der Waals surface area contributed by atoms with Gasteiger partial charge in [-0.15, -0.1) is 0 Å². The van der Waals surface area contributed by atoms with Gasteiger partial charge in [0.25, 0.3) is 0 Å². The van der Waals surface area contributed by atoms with Crippen LogP contribution in [0.1, 0.15) is 5.56 Å². The number of likely N-dealkylation sites (tertiary alicyclic amines) is 1. The first-order chi connectivity index (χ1) is 9.54. The maximum atomic E-state index is 13.1. The summed E-state index contributed by atoms with van der Waals surface area (Å²) in [5, 5.41) is 12.7. The Hall–Kier alpha value is -1.17. The van der Waals surface area contributed by atoms with Gasteiger partial charge in [0.1, 0.15) is 6.17 Å². The Balaban J connectivity index is 1.67. The van der Waals surface area contributed by atoms with E-state index in [2.05, 4.69) is 5.32 Å². The lowest BCUT2D eigenvalue weighted by Gasteiger charge is -2.14. The number of nitrogens with zero attached hydrogens (tertiary/aromatic N) is 1. The van der Waals surface area contributed by atoms with Crippen molar-refractivity contribution >= 4 is 17.5 Å². The summed E-state index contributed by atoms with van der Waals surface area (Å²) in [5.74, 6) is -0.153. The number of rotatable bonds is 5. The van der Waals surface area contributed by atoms with Crippen molar-refractivity contribution in [3.05, 3.63) is 34.9 Å². The number of aliphatic hydroxyl groups excluding tert-OH is 1. The summed E-state index contributed by atoms with van der Waals surface area (Å²) in [6.07, 6.45) is -1.51. The maximum absolute atomic E-state index is 13.1. The van der Waals surface area contributed by atoms with E-state index in [1.165, 1.54) is 0 Å². The van der Waals surface area contributed by atoms with Gasteiger partial charge in [-0.1, -0.05) is 23.7 Å². The van der Waals surface area contributed by atoms with Crippen LogP contribution in [0.2, 0.25) is 5.02 Å². The number of halogens is 2. The normalized spacial score (nSPS) is 22.9. The summed E-state index contributed by atoms with van der Waals surface area (Å²) in [5.41, 5.74) is 1.09. The fourth-order valence-electron chi connectivity index (χ4n) is 2.21. The van der Waals surface area contributed by atoms with Gasteiger partial charge in [0.2, 0.25) is 5.91 Å². The third-order valence-corrected chi connectivity index (χ3v) is 3.56. The predicted octanol–water partition coefficient (Wildman–Crippen LogP) is 1.01. The molecule has 1 fully saturated rings. The average molecular weight is 301 g/mol. The monoisotopic (exact) mass is 300 g/mol. The molecule has 20 heavy (non-hydrogen) atoms. The fourth-order valence-corrected chi connectivity index (χ4v) is 2.33. The summed E-state index contributed by atoms with van der Waals surface area (Å²) in [6, 6.07) is 7.45. The molecule has 0 saturated carbocycles. The molecule has 1 aromatic carbocycles. The topological polar surface area (TPSA) is 52.6 Å². The van der Waals surface area contributed by atoms with Crippen LogP contribution in [0, 0.1) is 0 Å². The molecule has 2 atom stereocenters. The van der Waals surface area contributed by atoms with E-state index >= 15 is 0 Å². The Morgan fingerprint density at radius 3 is 2.70 bits per heavy atom. The van der Waals surface area contributed by atoms with Crippen molar-refractivity contribution in [1.29, 1.82) is 0 Å². The van der Waals surface area contributed by atoms with E-state index in [9.17, 15) is 14.3 Å². The van der Waals surface area contributed by atoms with Crippen LogP contribution in [-0.4, -0.2) is 54.4 Å². The number of amides is 1. The zero-order chi connectivity index (χ0) is 14.5. The van der Waals surface area contributed by atoms with Crippen LogP contribution < -0.4 is 5.32 Å². The van der Waals surface area contributed by atoms with Gasteiger partial charge in [-0.2, -0.15) is 0 Å². The van der Waals surface area contributed by atoms with Crippen LogP contribution in [0.5, 0.6) is 0 Å². The van der Waals surface area contributed by atoms with E-state index in [-0.39, 0.29) is 25.5 Å². The van der Waals surface area contributed by atoms with Crippen LogP contribution in [0.15, 0.2) is 24.3 Å². The second kappa shape index (κ2) is 7.02. The number of carbonyl (C=O) groups is 1. The highest BCUT2D eigenvalue weighted by Crippen LogP contribution is 2.12. The van der Waals surface area contributed by atoms with Gasteiger partial charge in [-0.3, -0.25) is 9.69 Å². The van der Waals surface area contributed by atoms with Crippen molar-refractivity contribution in [3.8, 4) is 0 Å². The van der Waals surface area contributed by atoms with Gasteiger partial charge in [-0.25, -0.2) is 4.39 Å². The zero-order valence-corrected chi connectivity index (χ0v) is 11.8. The molecular weight excluding hydrogens is 283 g/mol. The molecular formula is C14H18ClFN2O2. The molecule has 1 aliphatic heterocycles.